The largest absolute Gasteiger partial charge is 0.373 e. The van der Waals surface area contributed by atoms with Crippen molar-refractivity contribution in [1.82, 2.24) is 0 Å². The standard InChI is InChI=1S/C23H31F3O/c1-13(2)14-3-5-15(6-4-14)18-7-16-8-19(16)23(27-12-18)17-9-21(25)20(11-24)22(26)10-17/h9-10,13-16,18-19,23H,3-8,11-12H2,1-2H3/t14?,15?,16-,18?,19?,23?/m1/s1. The summed E-state index contributed by atoms with van der Waals surface area (Å²) in [6, 6.07) is 2.57. The third-order valence-corrected chi connectivity index (χ3v) is 7.51. The van der Waals surface area contributed by atoms with Gasteiger partial charge in [-0.15, -0.1) is 0 Å². The first kappa shape index (κ1) is 19.3. The van der Waals surface area contributed by atoms with Crippen molar-refractivity contribution in [2.24, 2.45) is 35.5 Å². The van der Waals surface area contributed by atoms with E-state index in [0.29, 0.717) is 29.9 Å². The molecule has 4 atom stereocenters. The highest BCUT2D eigenvalue weighted by molar-refractivity contribution is 5.29. The van der Waals surface area contributed by atoms with Crippen LogP contribution in [0.1, 0.15) is 69.6 Å². The Balaban J connectivity index is 1.43. The molecule has 0 radical (unpaired) electrons. The molecule has 0 bridgehead atoms. The highest BCUT2D eigenvalue weighted by Gasteiger charge is 2.49. The van der Waals surface area contributed by atoms with Gasteiger partial charge in [0.2, 0.25) is 0 Å². The molecule has 0 N–H and O–H groups in total. The number of hydrogen-bond donors (Lipinski definition) is 0. The van der Waals surface area contributed by atoms with E-state index in [1.54, 1.807) is 0 Å². The molecule has 0 spiro atoms. The second-order valence-corrected chi connectivity index (χ2v) is 9.42. The normalized spacial score (nSPS) is 36.4. The third kappa shape index (κ3) is 3.92. The van der Waals surface area contributed by atoms with Gasteiger partial charge in [-0.1, -0.05) is 13.8 Å². The average Bonchev–Trinajstić information content (AvgIpc) is 3.40. The fraction of sp³-hybridized carbons (Fsp3) is 0.739. The van der Waals surface area contributed by atoms with Gasteiger partial charge < -0.3 is 4.74 Å². The van der Waals surface area contributed by atoms with Crippen molar-refractivity contribution in [3.63, 3.8) is 0 Å². The van der Waals surface area contributed by atoms with Crippen molar-refractivity contribution in [3.05, 3.63) is 34.9 Å². The minimum Gasteiger partial charge on any atom is -0.373 e. The first-order valence-corrected chi connectivity index (χ1v) is 10.6. The molecule has 1 aromatic rings. The summed E-state index contributed by atoms with van der Waals surface area (Å²) in [7, 11) is 0. The van der Waals surface area contributed by atoms with Crippen LogP contribution in [0.5, 0.6) is 0 Å². The third-order valence-electron chi connectivity index (χ3n) is 7.51. The quantitative estimate of drug-likeness (QED) is 0.571. The number of hydrogen-bond acceptors (Lipinski definition) is 1. The Morgan fingerprint density at radius 2 is 1.63 bits per heavy atom. The van der Waals surface area contributed by atoms with Gasteiger partial charge in [-0.3, -0.25) is 0 Å². The van der Waals surface area contributed by atoms with Crippen molar-refractivity contribution >= 4 is 0 Å². The molecule has 3 unspecified atom stereocenters. The van der Waals surface area contributed by atoms with Crippen LogP contribution in [-0.2, 0) is 11.4 Å². The molecule has 2 saturated carbocycles. The number of rotatable bonds is 4. The zero-order chi connectivity index (χ0) is 19.1. The molecule has 0 amide bonds. The van der Waals surface area contributed by atoms with Crippen LogP contribution in [0.3, 0.4) is 0 Å². The molecule has 4 rings (SSSR count). The molecule has 3 fully saturated rings. The zero-order valence-electron chi connectivity index (χ0n) is 16.4. The average molecular weight is 380 g/mol. The van der Waals surface area contributed by atoms with Crippen molar-refractivity contribution in [3.8, 4) is 0 Å². The topological polar surface area (TPSA) is 9.23 Å². The number of fused-ring (bicyclic) bond motifs is 1. The first-order valence-electron chi connectivity index (χ1n) is 10.6. The highest BCUT2D eigenvalue weighted by atomic mass is 19.1. The molecule has 27 heavy (non-hydrogen) atoms. The van der Waals surface area contributed by atoms with Gasteiger partial charge in [0.15, 0.2) is 0 Å². The molecule has 1 saturated heterocycles. The van der Waals surface area contributed by atoms with E-state index in [1.807, 2.05) is 0 Å². The maximum atomic E-state index is 14.0. The van der Waals surface area contributed by atoms with Gasteiger partial charge in [0.05, 0.1) is 18.3 Å². The fourth-order valence-corrected chi connectivity index (χ4v) is 5.59. The smallest absolute Gasteiger partial charge is 0.132 e. The summed E-state index contributed by atoms with van der Waals surface area (Å²) >= 11 is 0. The number of ether oxygens (including phenoxy) is 1. The molecule has 1 heterocycles. The Labute approximate surface area is 160 Å². The maximum absolute atomic E-state index is 14.0. The molecule has 2 aliphatic carbocycles. The van der Waals surface area contributed by atoms with Gasteiger partial charge in [-0.2, -0.15) is 0 Å². The lowest BCUT2D eigenvalue weighted by atomic mass is 9.71. The van der Waals surface area contributed by atoms with Crippen LogP contribution in [0.2, 0.25) is 0 Å². The van der Waals surface area contributed by atoms with Gasteiger partial charge >= 0.3 is 0 Å². The number of benzene rings is 1. The molecule has 1 aromatic carbocycles. The van der Waals surface area contributed by atoms with Crippen LogP contribution in [0.4, 0.5) is 13.2 Å². The van der Waals surface area contributed by atoms with E-state index in [9.17, 15) is 13.2 Å². The summed E-state index contributed by atoms with van der Waals surface area (Å²) in [6.45, 7) is 4.22. The molecule has 3 aliphatic rings. The summed E-state index contributed by atoms with van der Waals surface area (Å²) in [5.74, 6) is 2.30. The Bertz CT molecular complexity index is 643. The fourth-order valence-electron chi connectivity index (χ4n) is 5.59. The molecular weight excluding hydrogens is 349 g/mol. The second kappa shape index (κ2) is 7.77. The summed E-state index contributed by atoms with van der Waals surface area (Å²) in [4.78, 5) is 0. The van der Waals surface area contributed by atoms with Crippen LogP contribution in [0.25, 0.3) is 0 Å². The second-order valence-electron chi connectivity index (χ2n) is 9.42. The lowest BCUT2D eigenvalue weighted by molar-refractivity contribution is 0.00561. The van der Waals surface area contributed by atoms with Crippen LogP contribution in [0, 0.1) is 47.1 Å². The summed E-state index contributed by atoms with van der Waals surface area (Å²) in [6.07, 6.45) is 7.22. The van der Waals surface area contributed by atoms with E-state index in [2.05, 4.69) is 13.8 Å². The predicted octanol–water partition coefficient (Wildman–Crippen LogP) is 6.61. The van der Waals surface area contributed by atoms with E-state index in [-0.39, 0.29) is 6.10 Å². The molecule has 1 nitrogen and oxygen atoms in total. The monoisotopic (exact) mass is 380 g/mol. The van der Waals surface area contributed by atoms with Crippen LogP contribution >= 0.6 is 0 Å². The van der Waals surface area contributed by atoms with Gasteiger partial charge in [-0.25, -0.2) is 13.2 Å². The number of halogens is 3. The molecular formula is C23H31F3O. The minimum absolute atomic E-state index is 0.246. The van der Waals surface area contributed by atoms with Crippen molar-refractivity contribution < 1.29 is 17.9 Å². The van der Waals surface area contributed by atoms with E-state index in [1.165, 1.54) is 44.2 Å². The van der Waals surface area contributed by atoms with Gasteiger partial charge in [-0.05, 0) is 91.7 Å². The SMILES string of the molecule is CC(C)C1CCC(C2COC(c3cc(F)c(CF)c(F)c3)C3C[C@H]3C2)CC1. The van der Waals surface area contributed by atoms with E-state index in [0.717, 1.165) is 24.2 Å². The van der Waals surface area contributed by atoms with E-state index in [4.69, 9.17) is 4.74 Å². The van der Waals surface area contributed by atoms with E-state index >= 15 is 0 Å². The van der Waals surface area contributed by atoms with Crippen LogP contribution in [-0.4, -0.2) is 6.61 Å². The Hall–Kier alpha value is -1.03. The summed E-state index contributed by atoms with van der Waals surface area (Å²) in [5, 5.41) is 0. The molecule has 150 valence electrons. The number of alkyl halides is 1. The molecule has 0 aromatic heterocycles. The lowest BCUT2D eigenvalue weighted by Crippen LogP contribution is -2.27. The minimum atomic E-state index is -1.11. The molecule has 1 aliphatic heterocycles. The van der Waals surface area contributed by atoms with Crippen LogP contribution in [0.15, 0.2) is 12.1 Å². The lowest BCUT2D eigenvalue weighted by Gasteiger charge is -2.35. The van der Waals surface area contributed by atoms with Crippen LogP contribution < -0.4 is 0 Å². The van der Waals surface area contributed by atoms with Crippen molar-refractivity contribution in [2.75, 3.05) is 6.61 Å². The van der Waals surface area contributed by atoms with Crippen molar-refractivity contribution in [1.29, 1.82) is 0 Å². The predicted molar refractivity (Wildman–Crippen MR) is 99.9 cm³/mol. The Morgan fingerprint density at radius 1 is 0.963 bits per heavy atom. The Kier molecular flexibility index (Phi) is 5.55. The van der Waals surface area contributed by atoms with Gasteiger partial charge in [0.25, 0.3) is 0 Å². The maximum Gasteiger partial charge on any atom is 0.132 e. The first-order chi connectivity index (χ1) is 13.0. The highest BCUT2D eigenvalue weighted by Crippen LogP contribution is 2.56. The summed E-state index contributed by atoms with van der Waals surface area (Å²) in [5.41, 5.74) is 0.0679. The zero-order valence-corrected chi connectivity index (χ0v) is 16.4. The van der Waals surface area contributed by atoms with Gasteiger partial charge in [0, 0.05) is 0 Å². The summed E-state index contributed by atoms with van der Waals surface area (Å²) < 4.78 is 47.1. The Morgan fingerprint density at radius 3 is 2.22 bits per heavy atom. The van der Waals surface area contributed by atoms with Crippen molar-refractivity contribution in [2.45, 2.75) is 65.2 Å². The van der Waals surface area contributed by atoms with Gasteiger partial charge in [0.1, 0.15) is 18.3 Å². The van der Waals surface area contributed by atoms with E-state index < -0.39 is 23.9 Å². The molecule has 4 heteroatoms.